The molecule has 7 heteroatoms. The van der Waals surface area contributed by atoms with Gasteiger partial charge in [0.05, 0.1) is 12.1 Å². The largest absolute Gasteiger partial charge is 0.392 e. The Morgan fingerprint density at radius 3 is 2.35 bits per heavy atom. The quantitative estimate of drug-likeness (QED) is 0.128. The second kappa shape index (κ2) is 21.6. The van der Waals surface area contributed by atoms with Gasteiger partial charge in [-0.1, -0.05) is 106 Å². The summed E-state index contributed by atoms with van der Waals surface area (Å²) in [5, 5.41) is 11.5. The normalized spacial score (nSPS) is 14.8. The molecule has 0 saturated carbocycles. The lowest BCUT2D eigenvalue weighted by Crippen LogP contribution is -2.40. The SMILES string of the molecule is C=CCC(=O)N1CCc2c([nH]c3ccc(Cl)cc23)C1c1ccc(C=C)cc1.CCCN(CCCC(C)CC)CC(O)CC.Cc1ccc(F)cc1. The number of carbonyl (C=O) groups is 1. The van der Waals surface area contributed by atoms with Crippen LogP contribution in [0.4, 0.5) is 4.39 Å². The average Bonchev–Trinajstić information content (AvgIpc) is 3.50. The number of fused-ring (bicyclic) bond motifs is 3. The highest BCUT2D eigenvalue weighted by molar-refractivity contribution is 6.31. The first-order chi connectivity index (χ1) is 24.5. The van der Waals surface area contributed by atoms with Gasteiger partial charge >= 0.3 is 0 Å². The zero-order chi connectivity index (χ0) is 37.3. The minimum absolute atomic E-state index is 0.0881. The number of hydrogen-bond donors (Lipinski definition) is 2. The van der Waals surface area contributed by atoms with Gasteiger partial charge in [-0.3, -0.25) is 4.79 Å². The monoisotopic (exact) mass is 715 g/mol. The average molecular weight is 716 g/mol. The molecule has 3 atom stereocenters. The molecule has 0 bridgehead atoms. The molecule has 2 N–H and O–H groups in total. The molecule has 1 aromatic heterocycles. The number of amides is 1. The Balaban J connectivity index is 0.000000247. The van der Waals surface area contributed by atoms with Gasteiger partial charge in [0.25, 0.3) is 0 Å². The van der Waals surface area contributed by atoms with Crippen LogP contribution in [0, 0.1) is 18.7 Å². The van der Waals surface area contributed by atoms with Gasteiger partial charge in [-0.2, -0.15) is 0 Å². The summed E-state index contributed by atoms with van der Waals surface area (Å²) in [4.78, 5) is 20.7. The van der Waals surface area contributed by atoms with Gasteiger partial charge in [0.1, 0.15) is 5.82 Å². The molecule has 1 aliphatic rings. The van der Waals surface area contributed by atoms with Crippen molar-refractivity contribution >= 4 is 34.5 Å². The number of carbonyl (C=O) groups excluding carboxylic acids is 1. The lowest BCUT2D eigenvalue weighted by Gasteiger charge is -2.36. The van der Waals surface area contributed by atoms with E-state index in [2.05, 4.69) is 55.9 Å². The summed E-state index contributed by atoms with van der Waals surface area (Å²) in [7, 11) is 0. The summed E-state index contributed by atoms with van der Waals surface area (Å²) in [6.45, 7) is 22.1. The van der Waals surface area contributed by atoms with Crippen molar-refractivity contribution < 1.29 is 14.3 Å². The van der Waals surface area contributed by atoms with E-state index in [4.69, 9.17) is 11.6 Å². The molecule has 2 heterocycles. The molecule has 0 aliphatic carbocycles. The maximum atomic E-state index is 12.8. The maximum Gasteiger partial charge on any atom is 0.227 e. The number of aromatic nitrogens is 1. The predicted molar refractivity (Wildman–Crippen MR) is 215 cm³/mol. The number of hydrogen-bond acceptors (Lipinski definition) is 3. The summed E-state index contributed by atoms with van der Waals surface area (Å²) < 4.78 is 12.1. The number of aromatic amines is 1. The van der Waals surface area contributed by atoms with Crippen molar-refractivity contribution in [1.82, 2.24) is 14.8 Å². The molecular weight excluding hydrogens is 657 g/mol. The van der Waals surface area contributed by atoms with E-state index in [0.29, 0.717) is 13.0 Å². The summed E-state index contributed by atoms with van der Waals surface area (Å²) in [5.41, 5.74) is 6.59. The molecule has 0 fully saturated rings. The third-order valence-corrected chi connectivity index (χ3v) is 9.81. The Morgan fingerprint density at radius 1 is 1.06 bits per heavy atom. The van der Waals surface area contributed by atoms with E-state index in [0.717, 1.165) is 76.7 Å². The molecule has 0 saturated heterocycles. The first-order valence-electron chi connectivity index (χ1n) is 18.6. The fourth-order valence-electron chi connectivity index (χ4n) is 6.37. The van der Waals surface area contributed by atoms with Crippen LogP contribution >= 0.6 is 11.6 Å². The number of benzene rings is 3. The first kappa shape index (κ1) is 41.7. The molecule has 3 unspecified atom stereocenters. The van der Waals surface area contributed by atoms with Crippen LogP contribution in [0.25, 0.3) is 17.0 Å². The highest BCUT2D eigenvalue weighted by atomic mass is 35.5. The minimum Gasteiger partial charge on any atom is -0.392 e. The van der Waals surface area contributed by atoms with Crippen LogP contribution in [-0.4, -0.2) is 58.1 Å². The number of rotatable bonds is 14. The van der Waals surface area contributed by atoms with Crippen LogP contribution in [0.15, 0.2) is 86.0 Å². The zero-order valence-corrected chi connectivity index (χ0v) is 32.2. The molecule has 51 heavy (non-hydrogen) atoms. The van der Waals surface area contributed by atoms with Gasteiger partial charge in [-0.15, -0.1) is 6.58 Å². The molecule has 1 amide bonds. The fraction of sp³-hybridized carbons (Fsp3) is 0.432. The Kier molecular flexibility index (Phi) is 17.7. The van der Waals surface area contributed by atoms with E-state index in [1.807, 2.05) is 55.2 Å². The maximum absolute atomic E-state index is 12.8. The third kappa shape index (κ3) is 12.8. The van der Waals surface area contributed by atoms with Crippen LogP contribution in [0.5, 0.6) is 0 Å². The van der Waals surface area contributed by atoms with Crippen LogP contribution in [-0.2, 0) is 11.2 Å². The lowest BCUT2D eigenvalue weighted by atomic mass is 9.91. The number of nitrogens with zero attached hydrogens (tertiary/aromatic N) is 2. The van der Waals surface area contributed by atoms with E-state index in [1.54, 1.807) is 18.2 Å². The van der Waals surface area contributed by atoms with Crippen molar-refractivity contribution in [3.05, 3.63) is 125 Å². The second-order valence-corrected chi connectivity index (χ2v) is 14.1. The number of nitrogens with one attached hydrogen (secondary N) is 1. The van der Waals surface area contributed by atoms with E-state index < -0.39 is 0 Å². The molecule has 276 valence electrons. The number of H-pyrrole nitrogens is 1. The van der Waals surface area contributed by atoms with E-state index in [9.17, 15) is 14.3 Å². The molecule has 4 aromatic rings. The topological polar surface area (TPSA) is 59.6 Å². The van der Waals surface area contributed by atoms with Gasteiger partial charge in [-0.05, 0) is 105 Å². The van der Waals surface area contributed by atoms with Crippen LogP contribution in [0.1, 0.15) is 100 Å². The number of aliphatic hydroxyl groups is 1. The molecule has 0 spiro atoms. The smallest absolute Gasteiger partial charge is 0.227 e. The predicted octanol–water partition coefficient (Wildman–Crippen LogP) is 10.9. The van der Waals surface area contributed by atoms with Crippen molar-refractivity contribution in [1.29, 1.82) is 0 Å². The molecular formula is C44H59ClFN3O2. The molecule has 3 aromatic carbocycles. The van der Waals surface area contributed by atoms with Crippen molar-refractivity contribution in [2.75, 3.05) is 26.2 Å². The molecule has 1 aliphatic heterocycles. The standard InChI is InChI=1S/C23H21ClN2O.C14H31NO.C7H7F/c1-3-5-21(27)26-13-12-18-19-14-17(24)10-11-20(19)25-22(18)23(26)16-8-6-15(4-2)7-9-16;1-5-10-15(12-14(16)7-3)11-8-9-13(4)6-2;1-6-2-4-7(8)5-3-6/h3-4,6-11,14,23,25H,1-2,5,12-13H2;13-14,16H,5-12H2,1-4H3;2-5H,1H3. The highest BCUT2D eigenvalue weighted by Gasteiger charge is 2.34. The van der Waals surface area contributed by atoms with Crippen LogP contribution in [0.2, 0.25) is 5.02 Å². The van der Waals surface area contributed by atoms with E-state index >= 15 is 0 Å². The number of aliphatic hydroxyl groups excluding tert-OH is 1. The van der Waals surface area contributed by atoms with Crippen LogP contribution < -0.4 is 0 Å². The van der Waals surface area contributed by atoms with Gasteiger partial charge in [0.2, 0.25) is 5.91 Å². The van der Waals surface area contributed by atoms with Crippen molar-refractivity contribution in [3.8, 4) is 0 Å². The number of halogens is 2. The van der Waals surface area contributed by atoms with Gasteiger partial charge in [0, 0.05) is 41.1 Å². The second-order valence-electron chi connectivity index (χ2n) is 13.6. The first-order valence-corrected chi connectivity index (χ1v) is 19.0. The van der Waals surface area contributed by atoms with Crippen molar-refractivity contribution in [2.45, 2.75) is 91.7 Å². The highest BCUT2D eigenvalue weighted by Crippen LogP contribution is 2.39. The van der Waals surface area contributed by atoms with E-state index in [-0.39, 0.29) is 23.9 Å². The lowest BCUT2D eigenvalue weighted by molar-refractivity contribution is -0.132. The third-order valence-electron chi connectivity index (χ3n) is 9.58. The molecule has 5 nitrogen and oxygen atoms in total. The Bertz CT molecular complexity index is 1630. The summed E-state index contributed by atoms with van der Waals surface area (Å²) in [6.07, 6.45) is 10.4. The zero-order valence-electron chi connectivity index (χ0n) is 31.4. The van der Waals surface area contributed by atoms with Crippen molar-refractivity contribution in [3.63, 3.8) is 0 Å². The molecule has 5 rings (SSSR count). The van der Waals surface area contributed by atoms with Crippen molar-refractivity contribution in [2.24, 2.45) is 5.92 Å². The fourth-order valence-corrected chi connectivity index (χ4v) is 6.54. The number of aryl methyl sites for hydroxylation is 1. The van der Waals surface area contributed by atoms with Crippen LogP contribution in [0.3, 0.4) is 0 Å². The van der Waals surface area contributed by atoms with Gasteiger partial charge in [-0.25, -0.2) is 4.39 Å². The Hall–Kier alpha value is -3.71. The van der Waals surface area contributed by atoms with E-state index in [1.165, 1.54) is 43.4 Å². The minimum atomic E-state index is -0.171. The Labute approximate surface area is 311 Å². The Morgan fingerprint density at radius 2 is 1.76 bits per heavy atom. The summed E-state index contributed by atoms with van der Waals surface area (Å²) in [6, 6.07) is 20.4. The molecule has 0 radical (unpaired) electrons. The summed E-state index contributed by atoms with van der Waals surface area (Å²) in [5.74, 6) is 0.764. The summed E-state index contributed by atoms with van der Waals surface area (Å²) >= 11 is 6.23. The van der Waals surface area contributed by atoms with Gasteiger partial charge in [0.15, 0.2) is 0 Å². The van der Waals surface area contributed by atoms with Gasteiger partial charge < -0.3 is 19.9 Å².